The van der Waals surface area contributed by atoms with E-state index in [2.05, 4.69) is 0 Å². The lowest BCUT2D eigenvalue weighted by molar-refractivity contribution is -0.131. The van der Waals surface area contributed by atoms with E-state index in [1.54, 1.807) is 0 Å². The Bertz CT molecular complexity index is 1750. The Kier molecular flexibility index (Phi) is 17.7. The molecular weight excluding hydrogens is 1210 g/mol. The first-order valence-electron chi connectivity index (χ1n) is 25.3. The fourth-order valence-electron chi connectivity index (χ4n) is 8.52. The zero-order valence-electron chi connectivity index (χ0n) is 47.1. The van der Waals surface area contributed by atoms with E-state index in [0.717, 1.165) is 19.3 Å². The molecule has 3 unspecified atom stereocenters. The van der Waals surface area contributed by atoms with E-state index in [4.69, 9.17) is 95.9 Å². The van der Waals surface area contributed by atoms with Crippen LogP contribution in [0.4, 0.5) is 0 Å². The molecule has 7 saturated heterocycles. The van der Waals surface area contributed by atoms with Gasteiger partial charge in [0.1, 0.15) is 0 Å². The average Bonchev–Trinajstić information content (AvgIpc) is 3.81. The second-order valence-electron chi connectivity index (χ2n) is 25.8. The summed E-state index contributed by atoms with van der Waals surface area (Å²) in [6, 6.07) is 0.326. The molecule has 8 bridgehead atoms. The van der Waals surface area contributed by atoms with Gasteiger partial charge in [-0.25, -0.2) is 0 Å². The van der Waals surface area contributed by atoms with Crippen LogP contribution in [0.1, 0.15) is 39.5 Å². The Morgan fingerprint density at radius 2 is 0.569 bits per heavy atom. The van der Waals surface area contributed by atoms with Crippen LogP contribution in [0.25, 0.3) is 0 Å². The molecule has 3 atom stereocenters. The molecule has 0 aromatic carbocycles. The molecule has 0 aromatic heterocycles. The predicted octanol–water partition coefficient (Wildman–Crippen LogP) is 7.69. The Morgan fingerprint density at radius 1 is 0.333 bits per heavy atom. The highest BCUT2D eigenvalue weighted by Crippen LogP contribution is 2.54. The maximum absolute atomic E-state index is 7.66. The number of hydrogen-bond donors (Lipinski definition) is 0. The number of epoxide rings is 1. The zero-order valence-corrected chi connectivity index (χ0v) is 63.1. The van der Waals surface area contributed by atoms with Gasteiger partial charge >= 0.3 is 81.2 Å². The van der Waals surface area contributed by atoms with E-state index in [1.807, 2.05) is 151 Å². The smallest absolute Gasteiger partial charge is 0.396 e. The molecule has 7 heterocycles. The van der Waals surface area contributed by atoms with Crippen molar-refractivity contribution in [3.8, 4) is 0 Å². The largest absolute Gasteiger partial charge is 0.654 e. The first-order valence-corrected chi connectivity index (χ1v) is 64.1. The molecular formula is C33H86O23Si16. The Morgan fingerprint density at radius 3 is 0.778 bits per heavy atom. The highest BCUT2D eigenvalue weighted by Gasteiger charge is 2.92. The number of ether oxygens (including phenoxy) is 1. The summed E-state index contributed by atoms with van der Waals surface area (Å²) in [5.74, 6) is 0.299. The van der Waals surface area contributed by atoms with Crippen molar-refractivity contribution in [2.75, 3.05) is 13.2 Å². The van der Waals surface area contributed by atoms with E-state index in [9.17, 15) is 0 Å². The molecule has 72 heavy (non-hydrogen) atoms. The zero-order chi connectivity index (χ0) is 53.9. The molecule has 0 radical (unpaired) electrons. The third-order valence-corrected chi connectivity index (χ3v) is 62.7. The number of hydrogen-bond acceptors (Lipinski definition) is 23. The van der Waals surface area contributed by atoms with Gasteiger partial charge in [0.25, 0.3) is 0 Å². The Hall–Kier alpha value is 2.55. The third-order valence-electron chi connectivity index (χ3n) is 10.00. The summed E-state index contributed by atoms with van der Waals surface area (Å²) >= 11 is 0. The van der Waals surface area contributed by atoms with Gasteiger partial charge in [-0.05, 0) is 183 Å². The molecule has 420 valence electrons. The molecule has 0 spiro atoms. The summed E-state index contributed by atoms with van der Waals surface area (Å²) in [4.78, 5) is 0. The van der Waals surface area contributed by atoms with Gasteiger partial charge in [0.15, 0.2) is 58.2 Å². The molecule has 39 heteroatoms. The van der Waals surface area contributed by atoms with Gasteiger partial charge in [0.2, 0.25) is 0 Å². The highest BCUT2D eigenvalue weighted by molar-refractivity contribution is 7.04. The van der Waals surface area contributed by atoms with Crippen LogP contribution < -0.4 is 0 Å². The van der Waals surface area contributed by atoms with Crippen LogP contribution >= 0.6 is 0 Å². The lowest BCUT2D eigenvalue weighted by Crippen LogP contribution is -2.93. The van der Waals surface area contributed by atoms with Crippen molar-refractivity contribution >= 4 is 139 Å². The van der Waals surface area contributed by atoms with Crippen LogP contribution in [0.2, 0.25) is 144 Å². The van der Waals surface area contributed by atoms with Crippen molar-refractivity contribution in [3.05, 3.63) is 0 Å². The topological polar surface area (TPSA) is 216 Å². The van der Waals surface area contributed by atoms with Crippen molar-refractivity contribution in [2.45, 2.75) is 195 Å². The summed E-state index contributed by atoms with van der Waals surface area (Å²) < 4.78 is 169. The molecule has 23 nitrogen and oxygen atoms in total. The first-order chi connectivity index (χ1) is 32.3. The van der Waals surface area contributed by atoms with E-state index >= 15 is 0 Å². The van der Waals surface area contributed by atoms with E-state index < -0.39 is 139 Å². The van der Waals surface area contributed by atoms with Crippen molar-refractivity contribution in [1.82, 2.24) is 0 Å². The third kappa shape index (κ3) is 16.2. The van der Waals surface area contributed by atoms with Crippen LogP contribution in [-0.4, -0.2) is 165 Å². The van der Waals surface area contributed by atoms with Gasteiger partial charge in [-0.2, -0.15) is 0 Å². The van der Waals surface area contributed by atoms with Crippen LogP contribution in [0.3, 0.4) is 0 Å². The van der Waals surface area contributed by atoms with Crippen molar-refractivity contribution < 1.29 is 95.9 Å². The Balaban J connectivity index is 1.63. The minimum absolute atomic E-state index is 0.192. The highest BCUT2D eigenvalue weighted by atomic mass is 28.7. The summed E-state index contributed by atoms with van der Waals surface area (Å²) in [7, 11) is -66.4. The molecule has 7 aliphatic heterocycles. The maximum atomic E-state index is 7.66. The SMILES string of the molecule is CCO[Si](CCC1CCC2OC2C1)(OCC)O[Si]12O[Si]3(O[Si](C)(C)C)O[Si]4(O[Si](C)(C)C)O[Si]5(O[Si](C)(C)C)O[Si](O[Si](C)(C)C)(O3)O[Si](O[Si](C)(C)C)(O[Si](O[Si](C)(C)C)(O5)O[Si](O[Si](C)(C)C)(O4)O1)O2. The summed E-state index contributed by atoms with van der Waals surface area (Å²) in [5, 5.41) is 0. The molecule has 8 rings (SSSR count). The number of rotatable bonds is 23. The Labute approximate surface area is 446 Å². The molecule has 1 aliphatic carbocycles. The summed E-state index contributed by atoms with van der Waals surface area (Å²) in [6.07, 6.45) is 4.10. The van der Waals surface area contributed by atoms with Gasteiger partial charge in [0, 0.05) is 19.3 Å². The molecule has 1 saturated carbocycles. The molecule has 8 aliphatic rings. The summed E-state index contributed by atoms with van der Waals surface area (Å²) in [6.45, 7) is 45.2. The van der Waals surface area contributed by atoms with Gasteiger partial charge in [-0.15, -0.1) is 0 Å². The maximum Gasteiger partial charge on any atom is 0.654 e. The number of fused-ring (bicyclic) bond motifs is 1. The van der Waals surface area contributed by atoms with E-state index in [1.165, 1.54) is 0 Å². The van der Waals surface area contributed by atoms with Crippen molar-refractivity contribution in [1.29, 1.82) is 0 Å². The van der Waals surface area contributed by atoms with Crippen molar-refractivity contribution in [3.63, 3.8) is 0 Å². The lowest BCUT2D eigenvalue weighted by Gasteiger charge is -2.60. The van der Waals surface area contributed by atoms with Crippen LogP contribution in [-0.2, 0) is 95.9 Å². The molecule has 0 aromatic rings. The fraction of sp³-hybridized carbons (Fsp3) is 1.00. The minimum atomic E-state index is -5.44. The summed E-state index contributed by atoms with van der Waals surface area (Å²) in [5.41, 5.74) is 0. The predicted molar refractivity (Wildman–Crippen MR) is 296 cm³/mol. The van der Waals surface area contributed by atoms with E-state index in [-0.39, 0.29) is 19.3 Å². The fourth-order valence-corrected chi connectivity index (χ4v) is 74.6. The van der Waals surface area contributed by atoms with Crippen LogP contribution in [0, 0.1) is 5.92 Å². The first kappa shape index (κ1) is 62.2. The van der Waals surface area contributed by atoms with Gasteiger partial charge < -0.3 is 95.9 Å². The van der Waals surface area contributed by atoms with Crippen molar-refractivity contribution in [2.24, 2.45) is 5.92 Å². The normalized spacial score (nSPS) is 39.8. The van der Waals surface area contributed by atoms with Gasteiger partial charge in [0.05, 0.1) is 12.2 Å². The second-order valence-corrected chi connectivity index (χ2v) is 82.2. The standard InChI is InChI=1S/C33H86O23Si16/c1-24-34-64(35-25-2,29-28-31-26-27-32-33(30-31)36-32)44-72-54-69(41-61(15,16)17)48-66(38-58(6,7)8)45-65(37-57(3,4)5)46-67(50-69,39-59(9,10)11)52-71(56-72,43-63(21,22)23)53-68(47-65,40-60(12,13)14)51-70(49-66,55-72)42-62(18,19)20/h31-33H,24-30H2,1-23H3. The molecule has 8 fully saturated rings. The van der Waals surface area contributed by atoms with E-state index in [0.29, 0.717) is 24.5 Å². The monoisotopic (exact) mass is 1300 g/mol. The van der Waals surface area contributed by atoms with Gasteiger partial charge in [-0.3, -0.25) is 0 Å². The van der Waals surface area contributed by atoms with Crippen LogP contribution in [0.5, 0.6) is 0 Å². The second kappa shape index (κ2) is 20.5. The molecule has 0 amide bonds. The van der Waals surface area contributed by atoms with Crippen LogP contribution in [0.15, 0.2) is 0 Å². The average molecular weight is 1300 g/mol. The molecule has 0 N–H and O–H groups in total. The lowest BCUT2D eigenvalue weighted by atomic mass is 9.88. The van der Waals surface area contributed by atoms with Gasteiger partial charge in [-0.1, -0.05) is 0 Å². The quantitative estimate of drug-likeness (QED) is 0.0708. The minimum Gasteiger partial charge on any atom is -0.396 e.